The smallest absolute Gasteiger partial charge is 0.135 e. The summed E-state index contributed by atoms with van der Waals surface area (Å²) >= 11 is 0. The Morgan fingerprint density at radius 1 is 1.47 bits per heavy atom. The van der Waals surface area contributed by atoms with Gasteiger partial charge in [0.2, 0.25) is 0 Å². The van der Waals surface area contributed by atoms with Crippen LogP contribution >= 0.6 is 0 Å². The lowest BCUT2D eigenvalue weighted by atomic mass is 10.3. The molecule has 1 unspecified atom stereocenters. The SMILES string of the molecule is COCC(CNc1nc(C)ncc1CO)OC. The summed E-state index contributed by atoms with van der Waals surface area (Å²) in [6.07, 6.45) is 1.56. The van der Waals surface area contributed by atoms with Crippen LogP contribution in [0.1, 0.15) is 11.4 Å². The van der Waals surface area contributed by atoms with Crippen molar-refractivity contribution in [1.82, 2.24) is 9.97 Å². The molecule has 2 N–H and O–H groups in total. The van der Waals surface area contributed by atoms with E-state index in [2.05, 4.69) is 15.3 Å². The third-order valence-corrected chi connectivity index (χ3v) is 2.34. The number of anilines is 1. The molecule has 17 heavy (non-hydrogen) atoms. The Morgan fingerprint density at radius 3 is 2.82 bits per heavy atom. The average molecular weight is 241 g/mol. The standard InChI is InChI=1S/C11H19N3O3/c1-8-12-4-9(6-15)11(14-8)13-5-10(17-3)7-16-2/h4,10,15H,5-7H2,1-3H3,(H,12,13,14). The van der Waals surface area contributed by atoms with Gasteiger partial charge in [-0.05, 0) is 6.92 Å². The maximum atomic E-state index is 9.16. The number of hydrogen-bond acceptors (Lipinski definition) is 6. The quantitative estimate of drug-likeness (QED) is 0.717. The van der Waals surface area contributed by atoms with Crippen LogP contribution in [0.3, 0.4) is 0 Å². The van der Waals surface area contributed by atoms with Gasteiger partial charge in [-0.25, -0.2) is 9.97 Å². The van der Waals surface area contributed by atoms with Gasteiger partial charge in [0.1, 0.15) is 11.6 Å². The number of rotatable bonds is 7. The van der Waals surface area contributed by atoms with Crippen molar-refractivity contribution in [3.05, 3.63) is 17.6 Å². The molecule has 1 heterocycles. The topological polar surface area (TPSA) is 76.5 Å². The molecule has 0 aliphatic carbocycles. The fourth-order valence-corrected chi connectivity index (χ4v) is 1.37. The highest BCUT2D eigenvalue weighted by Gasteiger charge is 2.09. The van der Waals surface area contributed by atoms with Crippen LogP contribution in [0.2, 0.25) is 0 Å². The van der Waals surface area contributed by atoms with Gasteiger partial charge in [-0.3, -0.25) is 0 Å². The van der Waals surface area contributed by atoms with Gasteiger partial charge in [-0.1, -0.05) is 0 Å². The molecule has 1 rings (SSSR count). The highest BCUT2D eigenvalue weighted by Crippen LogP contribution is 2.11. The molecule has 1 aromatic heterocycles. The molecule has 0 bridgehead atoms. The number of nitrogens with one attached hydrogen (secondary N) is 1. The van der Waals surface area contributed by atoms with E-state index in [1.165, 1.54) is 0 Å². The average Bonchev–Trinajstić information content (AvgIpc) is 2.34. The van der Waals surface area contributed by atoms with Crippen LogP contribution in [0.5, 0.6) is 0 Å². The first-order valence-corrected chi connectivity index (χ1v) is 5.40. The largest absolute Gasteiger partial charge is 0.391 e. The van der Waals surface area contributed by atoms with Crippen LogP contribution in [-0.2, 0) is 16.1 Å². The van der Waals surface area contributed by atoms with Crippen LogP contribution in [-0.4, -0.2) is 48.5 Å². The van der Waals surface area contributed by atoms with Crippen LogP contribution in [0, 0.1) is 6.92 Å². The Morgan fingerprint density at radius 2 is 2.24 bits per heavy atom. The Labute approximate surface area is 101 Å². The summed E-state index contributed by atoms with van der Waals surface area (Å²) in [4.78, 5) is 8.26. The maximum Gasteiger partial charge on any atom is 0.135 e. The van der Waals surface area contributed by atoms with E-state index in [0.717, 1.165) is 0 Å². The predicted molar refractivity (Wildman–Crippen MR) is 63.9 cm³/mol. The van der Waals surface area contributed by atoms with E-state index in [4.69, 9.17) is 14.6 Å². The van der Waals surface area contributed by atoms with E-state index < -0.39 is 0 Å². The highest BCUT2D eigenvalue weighted by atomic mass is 16.5. The van der Waals surface area contributed by atoms with E-state index in [0.29, 0.717) is 30.4 Å². The van der Waals surface area contributed by atoms with E-state index in [9.17, 15) is 0 Å². The number of nitrogens with zero attached hydrogens (tertiary/aromatic N) is 2. The summed E-state index contributed by atoms with van der Waals surface area (Å²) in [7, 11) is 3.25. The minimum Gasteiger partial charge on any atom is -0.391 e. The zero-order valence-electron chi connectivity index (χ0n) is 10.4. The maximum absolute atomic E-state index is 9.16. The molecule has 0 amide bonds. The molecule has 0 aromatic carbocycles. The molecule has 1 atom stereocenters. The van der Waals surface area contributed by atoms with E-state index in [-0.39, 0.29) is 12.7 Å². The zero-order valence-corrected chi connectivity index (χ0v) is 10.4. The fourth-order valence-electron chi connectivity index (χ4n) is 1.37. The number of hydrogen-bond donors (Lipinski definition) is 2. The molecular formula is C11H19N3O3. The van der Waals surface area contributed by atoms with Crippen molar-refractivity contribution >= 4 is 5.82 Å². The minimum atomic E-state index is -0.0927. The fraction of sp³-hybridized carbons (Fsp3) is 0.636. The highest BCUT2D eigenvalue weighted by molar-refractivity contribution is 5.42. The molecule has 0 aliphatic heterocycles. The van der Waals surface area contributed by atoms with Gasteiger partial charge in [0.05, 0.1) is 19.3 Å². The zero-order chi connectivity index (χ0) is 12.7. The van der Waals surface area contributed by atoms with Gasteiger partial charge in [0.25, 0.3) is 0 Å². The third-order valence-electron chi connectivity index (χ3n) is 2.34. The Kier molecular flexibility index (Phi) is 5.82. The summed E-state index contributed by atoms with van der Waals surface area (Å²) < 4.78 is 10.2. The lowest BCUT2D eigenvalue weighted by molar-refractivity contribution is 0.0365. The monoisotopic (exact) mass is 241 g/mol. The normalized spacial score (nSPS) is 12.5. The van der Waals surface area contributed by atoms with Crippen molar-refractivity contribution in [2.45, 2.75) is 19.6 Å². The Balaban J connectivity index is 2.63. The summed E-state index contributed by atoms with van der Waals surface area (Å²) in [6, 6.07) is 0. The Hall–Kier alpha value is -1.24. The summed E-state index contributed by atoms with van der Waals surface area (Å²) in [5.74, 6) is 1.29. The molecule has 0 fully saturated rings. The van der Waals surface area contributed by atoms with Crippen LogP contribution in [0.25, 0.3) is 0 Å². The van der Waals surface area contributed by atoms with E-state index >= 15 is 0 Å². The number of methoxy groups -OCH3 is 2. The molecule has 0 aliphatic rings. The van der Waals surface area contributed by atoms with Gasteiger partial charge < -0.3 is 19.9 Å². The molecule has 0 spiro atoms. The Bertz CT molecular complexity index is 347. The molecule has 6 nitrogen and oxygen atoms in total. The summed E-state index contributed by atoms with van der Waals surface area (Å²) in [5, 5.41) is 12.3. The second-order valence-electron chi connectivity index (χ2n) is 3.64. The number of aromatic nitrogens is 2. The summed E-state index contributed by atoms with van der Waals surface area (Å²) in [5.41, 5.74) is 0.669. The second kappa shape index (κ2) is 7.16. The first kappa shape index (κ1) is 13.8. The molecule has 1 aromatic rings. The summed E-state index contributed by atoms with van der Waals surface area (Å²) in [6.45, 7) is 2.77. The lowest BCUT2D eigenvalue weighted by Gasteiger charge is -2.16. The van der Waals surface area contributed by atoms with Crippen molar-refractivity contribution in [2.24, 2.45) is 0 Å². The number of aliphatic hydroxyl groups excluding tert-OH is 1. The van der Waals surface area contributed by atoms with Gasteiger partial charge >= 0.3 is 0 Å². The second-order valence-corrected chi connectivity index (χ2v) is 3.64. The first-order chi connectivity index (χ1) is 8.21. The van der Waals surface area contributed by atoms with E-state index in [1.54, 1.807) is 27.3 Å². The van der Waals surface area contributed by atoms with Crippen molar-refractivity contribution in [1.29, 1.82) is 0 Å². The molecule has 96 valence electrons. The number of ether oxygens (including phenoxy) is 2. The number of aryl methyl sites for hydroxylation is 1. The number of aliphatic hydroxyl groups is 1. The van der Waals surface area contributed by atoms with Crippen LogP contribution in [0.15, 0.2) is 6.20 Å². The van der Waals surface area contributed by atoms with Crippen LogP contribution < -0.4 is 5.32 Å². The van der Waals surface area contributed by atoms with Crippen molar-refractivity contribution in [3.63, 3.8) is 0 Å². The first-order valence-electron chi connectivity index (χ1n) is 5.40. The van der Waals surface area contributed by atoms with Gasteiger partial charge in [0, 0.05) is 32.5 Å². The molecule has 0 saturated heterocycles. The minimum absolute atomic E-state index is 0.0539. The molecule has 0 saturated carbocycles. The van der Waals surface area contributed by atoms with Gasteiger partial charge in [0.15, 0.2) is 0 Å². The van der Waals surface area contributed by atoms with Crippen molar-refractivity contribution in [3.8, 4) is 0 Å². The van der Waals surface area contributed by atoms with Crippen molar-refractivity contribution in [2.75, 3.05) is 32.7 Å². The molecule has 0 radical (unpaired) electrons. The lowest BCUT2D eigenvalue weighted by Crippen LogP contribution is -2.27. The third kappa shape index (κ3) is 4.26. The van der Waals surface area contributed by atoms with Gasteiger partial charge in [-0.15, -0.1) is 0 Å². The van der Waals surface area contributed by atoms with Gasteiger partial charge in [-0.2, -0.15) is 0 Å². The van der Waals surface area contributed by atoms with Crippen molar-refractivity contribution < 1.29 is 14.6 Å². The predicted octanol–water partition coefficient (Wildman–Crippen LogP) is 0.351. The van der Waals surface area contributed by atoms with Crippen LogP contribution in [0.4, 0.5) is 5.82 Å². The van der Waals surface area contributed by atoms with E-state index in [1.807, 2.05) is 0 Å². The molecule has 6 heteroatoms. The molecular weight excluding hydrogens is 222 g/mol.